The highest BCUT2D eigenvalue weighted by Crippen LogP contribution is 2.33. The summed E-state index contributed by atoms with van der Waals surface area (Å²) in [5, 5.41) is 11.4. The molecule has 2 aromatic rings. The molecule has 2 amide bonds. The predicted octanol–water partition coefficient (Wildman–Crippen LogP) is 3.38. The molecule has 1 aliphatic rings. The van der Waals surface area contributed by atoms with Gasteiger partial charge in [0.15, 0.2) is 0 Å². The SMILES string of the molecule is NC(=O)C1CCCN(C(=O)c2ccc(Oc3ccc(Cl)cc3[N+](=O)[O-])cc2)C1. The van der Waals surface area contributed by atoms with Crippen LogP contribution in [0.25, 0.3) is 0 Å². The van der Waals surface area contributed by atoms with Gasteiger partial charge in [0.05, 0.1) is 10.8 Å². The summed E-state index contributed by atoms with van der Waals surface area (Å²) in [6, 6.07) is 10.4. The Morgan fingerprint density at radius 3 is 2.57 bits per heavy atom. The molecule has 1 unspecified atom stereocenters. The number of ether oxygens (including phenoxy) is 1. The van der Waals surface area contributed by atoms with Crippen LogP contribution in [0.3, 0.4) is 0 Å². The van der Waals surface area contributed by atoms with Crippen LogP contribution in [-0.2, 0) is 4.79 Å². The molecule has 1 atom stereocenters. The lowest BCUT2D eigenvalue weighted by Gasteiger charge is -2.31. The van der Waals surface area contributed by atoms with E-state index < -0.39 is 10.8 Å². The summed E-state index contributed by atoms with van der Waals surface area (Å²) in [5.74, 6) is -0.532. The first-order valence-corrected chi connectivity index (χ1v) is 9.03. The average Bonchev–Trinajstić information content (AvgIpc) is 2.69. The van der Waals surface area contributed by atoms with E-state index in [4.69, 9.17) is 22.1 Å². The quantitative estimate of drug-likeness (QED) is 0.606. The first kappa shape index (κ1) is 19.6. The lowest BCUT2D eigenvalue weighted by Crippen LogP contribution is -2.44. The number of carbonyl (C=O) groups is 2. The minimum absolute atomic E-state index is 0.0498. The Bertz CT molecular complexity index is 916. The number of hydrogen-bond donors (Lipinski definition) is 1. The van der Waals surface area contributed by atoms with Crippen LogP contribution < -0.4 is 10.5 Å². The summed E-state index contributed by atoms with van der Waals surface area (Å²) in [7, 11) is 0. The second kappa shape index (κ2) is 8.26. The Balaban J connectivity index is 1.73. The van der Waals surface area contributed by atoms with Gasteiger partial charge in [0.25, 0.3) is 5.91 Å². The summed E-state index contributed by atoms with van der Waals surface area (Å²) in [4.78, 5) is 36.2. The topological polar surface area (TPSA) is 116 Å². The zero-order valence-corrected chi connectivity index (χ0v) is 15.6. The number of piperidine rings is 1. The zero-order valence-electron chi connectivity index (χ0n) is 14.8. The highest BCUT2D eigenvalue weighted by molar-refractivity contribution is 6.30. The Morgan fingerprint density at radius 2 is 1.93 bits per heavy atom. The van der Waals surface area contributed by atoms with Crippen molar-refractivity contribution in [2.75, 3.05) is 13.1 Å². The fourth-order valence-corrected chi connectivity index (χ4v) is 3.25. The summed E-state index contributed by atoms with van der Waals surface area (Å²) < 4.78 is 5.57. The summed E-state index contributed by atoms with van der Waals surface area (Å²) in [6.45, 7) is 0.876. The van der Waals surface area contributed by atoms with Crippen molar-refractivity contribution in [3.05, 3.63) is 63.2 Å². The van der Waals surface area contributed by atoms with E-state index in [9.17, 15) is 19.7 Å². The molecule has 0 bridgehead atoms. The summed E-state index contributed by atoms with van der Waals surface area (Å²) >= 11 is 5.79. The molecular formula is C19H18ClN3O5. The Morgan fingerprint density at radius 1 is 1.21 bits per heavy atom. The molecule has 28 heavy (non-hydrogen) atoms. The lowest BCUT2D eigenvalue weighted by atomic mass is 9.97. The van der Waals surface area contributed by atoms with Crippen LogP contribution >= 0.6 is 11.6 Å². The van der Waals surface area contributed by atoms with E-state index >= 15 is 0 Å². The van der Waals surface area contributed by atoms with E-state index in [1.54, 1.807) is 29.2 Å². The minimum atomic E-state index is -0.579. The van der Waals surface area contributed by atoms with Gasteiger partial charge in [-0.1, -0.05) is 11.6 Å². The van der Waals surface area contributed by atoms with Gasteiger partial charge in [0.2, 0.25) is 11.7 Å². The number of nitrogens with zero attached hydrogens (tertiary/aromatic N) is 2. The normalized spacial score (nSPS) is 16.5. The van der Waals surface area contributed by atoms with E-state index in [1.807, 2.05) is 0 Å². The van der Waals surface area contributed by atoms with Gasteiger partial charge in [0, 0.05) is 29.7 Å². The fourth-order valence-electron chi connectivity index (χ4n) is 3.09. The van der Waals surface area contributed by atoms with Gasteiger partial charge in [-0.25, -0.2) is 0 Å². The molecule has 0 radical (unpaired) electrons. The molecule has 146 valence electrons. The average molecular weight is 404 g/mol. The van der Waals surface area contributed by atoms with E-state index in [1.165, 1.54) is 18.2 Å². The number of benzene rings is 2. The van der Waals surface area contributed by atoms with Crippen LogP contribution in [-0.4, -0.2) is 34.7 Å². The molecule has 9 heteroatoms. The van der Waals surface area contributed by atoms with Gasteiger partial charge in [-0.15, -0.1) is 0 Å². The standard InChI is InChI=1S/C19H18ClN3O5/c20-14-5-8-17(16(10-14)23(26)27)28-15-6-3-12(4-7-15)19(25)22-9-1-2-13(11-22)18(21)24/h3-8,10,13H,1-2,9,11H2,(H2,21,24). The van der Waals surface area contributed by atoms with Gasteiger partial charge in [-0.2, -0.15) is 0 Å². The van der Waals surface area contributed by atoms with Crippen LogP contribution in [0.1, 0.15) is 23.2 Å². The van der Waals surface area contributed by atoms with E-state index in [-0.39, 0.29) is 28.3 Å². The number of likely N-dealkylation sites (tertiary alicyclic amines) is 1. The monoisotopic (exact) mass is 403 g/mol. The summed E-state index contributed by atoms with van der Waals surface area (Å²) in [6.07, 6.45) is 1.41. The number of nitro groups is 1. The largest absolute Gasteiger partial charge is 0.450 e. The smallest absolute Gasteiger partial charge is 0.313 e. The minimum Gasteiger partial charge on any atom is -0.450 e. The van der Waals surface area contributed by atoms with Crippen LogP contribution in [0.5, 0.6) is 11.5 Å². The Hall–Kier alpha value is -3.13. The number of nitro benzene ring substituents is 1. The molecule has 1 fully saturated rings. The van der Waals surface area contributed by atoms with Gasteiger partial charge in [-0.3, -0.25) is 19.7 Å². The van der Waals surface area contributed by atoms with Gasteiger partial charge in [-0.05, 0) is 49.2 Å². The predicted molar refractivity (Wildman–Crippen MR) is 102 cm³/mol. The van der Waals surface area contributed by atoms with Gasteiger partial charge >= 0.3 is 5.69 Å². The zero-order chi connectivity index (χ0) is 20.3. The van der Waals surface area contributed by atoms with Crippen molar-refractivity contribution in [2.45, 2.75) is 12.8 Å². The van der Waals surface area contributed by atoms with E-state index in [0.717, 1.165) is 6.42 Å². The summed E-state index contributed by atoms with van der Waals surface area (Å²) in [5.41, 5.74) is 5.54. The molecule has 1 aliphatic heterocycles. The van der Waals surface area contributed by atoms with Crippen molar-refractivity contribution in [1.82, 2.24) is 4.90 Å². The van der Waals surface area contributed by atoms with Crippen molar-refractivity contribution in [3.8, 4) is 11.5 Å². The maximum absolute atomic E-state index is 12.6. The van der Waals surface area contributed by atoms with Crippen LogP contribution in [0.4, 0.5) is 5.69 Å². The maximum atomic E-state index is 12.6. The molecule has 0 spiro atoms. The number of amides is 2. The Labute approximate surface area is 166 Å². The van der Waals surface area contributed by atoms with Crippen molar-refractivity contribution >= 4 is 29.1 Å². The second-order valence-corrected chi connectivity index (χ2v) is 6.92. The van der Waals surface area contributed by atoms with Crippen LogP contribution in [0.15, 0.2) is 42.5 Å². The third-order valence-corrected chi connectivity index (χ3v) is 4.79. The molecule has 2 N–H and O–H groups in total. The number of primary amides is 1. The van der Waals surface area contributed by atoms with Gasteiger partial charge < -0.3 is 15.4 Å². The molecule has 0 aliphatic carbocycles. The molecule has 8 nitrogen and oxygen atoms in total. The highest BCUT2D eigenvalue weighted by Gasteiger charge is 2.27. The third kappa shape index (κ3) is 4.40. The number of halogens is 1. The van der Waals surface area contributed by atoms with Crippen molar-refractivity contribution < 1.29 is 19.2 Å². The van der Waals surface area contributed by atoms with Crippen molar-refractivity contribution in [2.24, 2.45) is 11.7 Å². The molecule has 2 aromatic carbocycles. The molecule has 0 saturated carbocycles. The van der Waals surface area contributed by atoms with Crippen LogP contribution in [0.2, 0.25) is 5.02 Å². The second-order valence-electron chi connectivity index (χ2n) is 6.49. The number of nitrogens with two attached hydrogens (primary N) is 1. The number of hydrogen-bond acceptors (Lipinski definition) is 5. The highest BCUT2D eigenvalue weighted by atomic mass is 35.5. The fraction of sp³-hybridized carbons (Fsp3) is 0.263. The number of rotatable bonds is 5. The lowest BCUT2D eigenvalue weighted by molar-refractivity contribution is -0.385. The van der Waals surface area contributed by atoms with Crippen LogP contribution in [0, 0.1) is 16.0 Å². The first-order chi connectivity index (χ1) is 13.3. The van der Waals surface area contributed by atoms with Crippen molar-refractivity contribution in [1.29, 1.82) is 0 Å². The first-order valence-electron chi connectivity index (χ1n) is 8.65. The van der Waals surface area contributed by atoms with Crippen molar-refractivity contribution in [3.63, 3.8) is 0 Å². The molecule has 1 saturated heterocycles. The molecule has 3 rings (SSSR count). The number of carbonyl (C=O) groups excluding carboxylic acids is 2. The van der Waals surface area contributed by atoms with E-state index in [0.29, 0.717) is 30.8 Å². The maximum Gasteiger partial charge on any atom is 0.313 e. The Kier molecular flexibility index (Phi) is 5.79. The molecular weight excluding hydrogens is 386 g/mol. The van der Waals surface area contributed by atoms with E-state index in [2.05, 4.69) is 0 Å². The molecule has 0 aromatic heterocycles. The molecule has 1 heterocycles. The third-order valence-electron chi connectivity index (χ3n) is 4.56. The van der Waals surface area contributed by atoms with Gasteiger partial charge in [0.1, 0.15) is 5.75 Å².